The fourth-order valence-electron chi connectivity index (χ4n) is 4.10. The van der Waals surface area contributed by atoms with E-state index in [1.807, 2.05) is 54.6 Å². The molecule has 11 heteroatoms. The Morgan fingerprint density at radius 3 is 2.13 bits per heavy atom. The standard InChI is InChI=1S/C28H32BrN3O6S/c1-30-28(34)24(16-20-8-6-5-7-9-20)31(18-21-10-12-22(29)13-11-21)27(33)19-32(39(4,35)36)23-14-15-25(37-2)26(17-23)38-3/h5-15,17,24H,16,18-19H2,1-4H3,(H,30,34). The summed E-state index contributed by atoms with van der Waals surface area (Å²) in [6, 6.07) is 20.4. The summed E-state index contributed by atoms with van der Waals surface area (Å²) in [4.78, 5) is 28.5. The Morgan fingerprint density at radius 2 is 1.56 bits per heavy atom. The number of sulfonamides is 1. The van der Waals surface area contributed by atoms with E-state index < -0.39 is 28.5 Å². The number of hydrogen-bond acceptors (Lipinski definition) is 6. The third-order valence-corrected chi connectivity index (χ3v) is 7.79. The van der Waals surface area contributed by atoms with E-state index in [-0.39, 0.29) is 24.6 Å². The van der Waals surface area contributed by atoms with Crippen LogP contribution in [0.15, 0.2) is 77.3 Å². The number of ether oxygens (including phenoxy) is 2. The van der Waals surface area contributed by atoms with Crippen molar-refractivity contribution in [2.24, 2.45) is 0 Å². The Kier molecular flexibility index (Phi) is 10.4. The minimum absolute atomic E-state index is 0.0978. The van der Waals surface area contributed by atoms with Gasteiger partial charge in [0.15, 0.2) is 11.5 Å². The van der Waals surface area contributed by atoms with E-state index in [1.165, 1.54) is 38.3 Å². The van der Waals surface area contributed by atoms with Gasteiger partial charge in [0.25, 0.3) is 0 Å². The zero-order chi connectivity index (χ0) is 28.6. The summed E-state index contributed by atoms with van der Waals surface area (Å²) in [6.45, 7) is -0.423. The average molecular weight is 619 g/mol. The van der Waals surface area contributed by atoms with Crippen LogP contribution in [0.1, 0.15) is 11.1 Å². The molecule has 1 unspecified atom stereocenters. The van der Waals surface area contributed by atoms with E-state index in [0.717, 1.165) is 26.2 Å². The molecule has 3 aromatic carbocycles. The number of likely N-dealkylation sites (N-methyl/N-ethyl adjacent to an activating group) is 1. The number of rotatable bonds is 12. The number of methoxy groups -OCH3 is 2. The number of nitrogens with one attached hydrogen (secondary N) is 1. The molecule has 2 amide bonds. The van der Waals surface area contributed by atoms with Gasteiger partial charge >= 0.3 is 0 Å². The van der Waals surface area contributed by atoms with Crippen molar-refractivity contribution in [1.29, 1.82) is 0 Å². The van der Waals surface area contributed by atoms with Crippen LogP contribution in [0.4, 0.5) is 5.69 Å². The first-order chi connectivity index (χ1) is 18.6. The first-order valence-electron chi connectivity index (χ1n) is 12.1. The Balaban J connectivity index is 2.04. The van der Waals surface area contributed by atoms with E-state index in [0.29, 0.717) is 11.5 Å². The van der Waals surface area contributed by atoms with Crippen molar-refractivity contribution in [3.05, 3.63) is 88.4 Å². The summed E-state index contributed by atoms with van der Waals surface area (Å²) in [5.74, 6) is -0.167. The van der Waals surface area contributed by atoms with Crippen LogP contribution in [0.5, 0.6) is 11.5 Å². The van der Waals surface area contributed by atoms with Gasteiger partial charge in [-0.3, -0.25) is 13.9 Å². The number of nitrogens with zero attached hydrogens (tertiary/aromatic N) is 2. The summed E-state index contributed by atoms with van der Waals surface area (Å²) in [5, 5.41) is 2.66. The molecule has 0 aliphatic carbocycles. The van der Waals surface area contributed by atoms with Gasteiger partial charge in [-0.1, -0.05) is 58.4 Å². The van der Waals surface area contributed by atoms with Crippen molar-refractivity contribution in [1.82, 2.24) is 10.2 Å². The number of carbonyl (C=O) groups is 2. The molecular weight excluding hydrogens is 586 g/mol. The Bertz CT molecular complexity index is 1380. The van der Waals surface area contributed by atoms with Gasteiger partial charge in [-0.05, 0) is 35.4 Å². The lowest BCUT2D eigenvalue weighted by Gasteiger charge is -2.33. The third-order valence-electron chi connectivity index (χ3n) is 6.12. The highest BCUT2D eigenvalue weighted by Gasteiger charge is 2.32. The summed E-state index contributed by atoms with van der Waals surface area (Å²) >= 11 is 3.41. The van der Waals surface area contributed by atoms with Crippen LogP contribution in [0, 0.1) is 0 Å². The Morgan fingerprint density at radius 1 is 0.923 bits per heavy atom. The maximum Gasteiger partial charge on any atom is 0.244 e. The van der Waals surface area contributed by atoms with Crippen LogP contribution in [0.25, 0.3) is 0 Å². The highest BCUT2D eigenvalue weighted by atomic mass is 79.9. The lowest BCUT2D eigenvalue weighted by atomic mass is 10.0. The van der Waals surface area contributed by atoms with Gasteiger partial charge in [-0.2, -0.15) is 0 Å². The largest absolute Gasteiger partial charge is 0.493 e. The lowest BCUT2D eigenvalue weighted by Crippen LogP contribution is -2.52. The highest BCUT2D eigenvalue weighted by molar-refractivity contribution is 9.10. The van der Waals surface area contributed by atoms with Gasteiger partial charge in [0.1, 0.15) is 12.6 Å². The highest BCUT2D eigenvalue weighted by Crippen LogP contribution is 2.32. The smallest absolute Gasteiger partial charge is 0.244 e. The molecule has 9 nitrogen and oxygen atoms in total. The monoisotopic (exact) mass is 617 g/mol. The van der Waals surface area contributed by atoms with Gasteiger partial charge in [-0.25, -0.2) is 8.42 Å². The molecule has 0 bridgehead atoms. The van der Waals surface area contributed by atoms with E-state index in [2.05, 4.69) is 21.2 Å². The van der Waals surface area contributed by atoms with Crippen LogP contribution in [0.2, 0.25) is 0 Å². The second kappa shape index (κ2) is 13.5. The Labute approximate surface area is 237 Å². The third kappa shape index (κ3) is 7.96. The quantitative estimate of drug-likeness (QED) is 0.333. The minimum Gasteiger partial charge on any atom is -0.493 e. The molecule has 0 spiro atoms. The van der Waals surface area contributed by atoms with Crippen molar-refractivity contribution in [2.75, 3.05) is 38.4 Å². The van der Waals surface area contributed by atoms with Crippen molar-refractivity contribution in [3.8, 4) is 11.5 Å². The molecule has 0 aliphatic rings. The molecule has 39 heavy (non-hydrogen) atoms. The zero-order valence-corrected chi connectivity index (χ0v) is 24.7. The molecule has 0 heterocycles. The molecule has 208 valence electrons. The van der Waals surface area contributed by atoms with Crippen LogP contribution >= 0.6 is 15.9 Å². The van der Waals surface area contributed by atoms with Gasteiger partial charge < -0.3 is 19.7 Å². The molecular formula is C28H32BrN3O6S. The van der Waals surface area contributed by atoms with Crippen molar-refractivity contribution in [3.63, 3.8) is 0 Å². The molecule has 0 saturated carbocycles. The molecule has 0 radical (unpaired) electrons. The molecule has 0 fully saturated rings. The first kappa shape index (κ1) is 30.0. The SMILES string of the molecule is CNC(=O)C(Cc1ccccc1)N(Cc1ccc(Br)cc1)C(=O)CN(c1ccc(OC)c(OC)c1)S(C)(=O)=O. The van der Waals surface area contributed by atoms with E-state index in [4.69, 9.17) is 9.47 Å². The van der Waals surface area contributed by atoms with E-state index >= 15 is 0 Å². The molecule has 0 aliphatic heterocycles. The second-order valence-electron chi connectivity index (χ2n) is 8.78. The number of carbonyl (C=O) groups excluding carboxylic acids is 2. The van der Waals surface area contributed by atoms with Gasteiger partial charge in [0.05, 0.1) is 26.2 Å². The topological polar surface area (TPSA) is 105 Å². The summed E-state index contributed by atoms with van der Waals surface area (Å²) in [7, 11) is 0.525. The molecule has 0 aromatic heterocycles. The van der Waals surface area contributed by atoms with Gasteiger partial charge in [0, 0.05) is 30.6 Å². The zero-order valence-electron chi connectivity index (χ0n) is 22.3. The lowest BCUT2D eigenvalue weighted by molar-refractivity contribution is -0.139. The fourth-order valence-corrected chi connectivity index (χ4v) is 5.21. The van der Waals surface area contributed by atoms with Crippen molar-refractivity contribution in [2.45, 2.75) is 19.0 Å². The van der Waals surface area contributed by atoms with Gasteiger partial charge in [0.2, 0.25) is 21.8 Å². The van der Waals surface area contributed by atoms with Crippen LogP contribution < -0.4 is 19.1 Å². The summed E-state index contributed by atoms with van der Waals surface area (Å²) in [5.41, 5.74) is 1.87. The second-order valence-corrected chi connectivity index (χ2v) is 11.6. The normalized spacial score (nSPS) is 11.8. The molecule has 3 rings (SSSR count). The molecule has 1 N–H and O–H groups in total. The van der Waals surface area contributed by atoms with Crippen LogP contribution in [0.3, 0.4) is 0 Å². The summed E-state index contributed by atoms with van der Waals surface area (Å²) < 4.78 is 38.2. The van der Waals surface area contributed by atoms with Crippen molar-refractivity contribution < 1.29 is 27.5 Å². The maximum atomic E-state index is 13.9. The molecule has 0 saturated heterocycles. The maximum absolute atomic E-state index is 13.9. The molecule has 1 atom stereocenters. The van der Waals surface area contributed by atoms with E-state index in [9.17, 15) is 18.0 Å². The van der Waals surface area contributed by atoms with Crippen LogP contribution in [-0.4, -0.2) is 65.2 Å². The van der Waals surface area contributed by atoms with Crippen LogP contribution in [-0.2, 0) is 32.6 Å². The van der Waals surface area contributed by atoms with Gasteiger partial charge in [-0.15, -0.1) is 0 Å². The van der Waals surface area contributed by atoms with E-state index in [1.54, 1.807) is 6.07 Å². The predicted molar refractivity (Wildman–Crippen MR) is 154 cm³/mol. The average Bonchev–Trinajstić information content (AvgIpc) is 2.93. The number of amides is 2. The Hall–Kier alpha value is -3.57. The summed E-state index contributed by atoms with van der Waals surface area (Å²) in [6.07, 6.45) is 1.27. The molecule has 3 aromatic rings. The number of anilines is 1. The fraction of sp³-hybridized carbons (Fsp3) is 0.286. The number of halogens is 1. The number of benzene rings is 3. The predicted octanol–water partition coefficient (Wildman–Crippen LogP) is 3.62. The minimum atomic E-state index is -3.90. The number of hydrogen-bond donors (Lipinski definition) is 1. The first-order valence-corrected chi connectivity index (χ1v) is 14.7. The van der Waals surface area contributed by atoms with Crippen molar-refractivity contribution >= 4 is 43.5 Å².